The molecule has 0 aromatic heterocycles. The minimum Gasteiger partial charge on any atom is -0.469 e. The van der Waals surface area contributed by atoms with Crippen LogP contribution >= 0.6 is 11.8 Å². The summed E-state index contributed by atoms with van der Waals surface area (Å²) in [6.45, 7) is 0. The lowest BCUT2D eigenvalue weighted by atomic mass is 9.96. The third kappa shape index (κ3) is 3.56. The van der Waals surface area contributed by atoms with Crippen LogP contribution in [0.5, 0.6) is 0 Å². The van der Waals surface area contributed by atoms with E-state index in [1.165, 1.54) is 7.11 Å². The molecular formula is C9H16O3S. The van der Waals surface area contributed by atoms with Crippen molar-refractivity contribution in [2.45, 2.75) is 25.4 Å². The molecule has 0 amide bonds. The molecule has 0 aromatic carbocycles. The standard InChI is InChI=1S/C9H16O3S/c1-12-9(11)3-2-7-6-13-5-4-8(7)10/h7-8,10H,2-6H2,1H3. The summed E-state index contributed by atoms with van der Waals surface area (Å²) in [4.78, 5) is 10.9. The van der Waals surface area contributed by atoms with Crippen LogP contribution in [-0.4, -0.2) is 35.8 Å². The Kier molecular flexibility index (Phi) is 4.59. The molecule has 76 valence electrons. The van der Waals surface area contributed by atoms with E-state index >= 15 is 0 Å². The van der Waals surface area contributed by atoms with E-state index in [2.05, 4.69) is 4.74 Å². The molecule has 1 aliphatic rings. The van der Waals surface area contributed by atoms with Crippen LogP contribution < -0.4 is 0 Å². The molecule has 1 rings (SSSR count). The number of methoxy groups -OCH3 is 1. The van der Waals surface area contributed by atoms with Gasteiger partial charge in [0.1, 0.15) is 0 Å². The topological polar surface area (TPSA) is 46.5 Å². The smallest absolute Gasteiger partial charge is 0.305 e. The maximum atomic E-state index is 10.9. The largest absolute Gasteiger partial charge is 0.469 e. The lowest BCUT2D eigenvalue weighted by Gasteiger charge is -2.26. The Morgan fingerprint density at radius 1 is 1.69 bits per heavy atom. The monoisotopic (exact) mass is 204 g/mol. The van der Waals surface area contributed by atoms with E-state index in [1.54, 1.807) is 0 Å². The van der Waals surface area contributed by atoms with Crippen molar-refractivity contribution in [2.75, 3.05) is 18.6 Å². The van der Waals surface area contributed by atoms with Gasteiger partial charge in [0, 0.05) is 6.42 Å². The number of aliphatic hydroxyl groups is 1. The molecule has 0 radical (unpaired) electrons. The van der Waals surface area contributed by atoms with Crippen molar-refractivity contribution >= 4 is 17.7 Å². The number of thioether (sulfide) groups is 1. The number of aliphatic hydroxyl groups excluding tert-OH is 1. The normalized spacial score (nSPS) is 28.5. The zero-order chi connectivity index (χ0) is 9.68. The van der Waals surface area contributed by atoms with Gasteiger partial charge in [0.15, 0.2) is 0 Å². The lowest BCUT2D eigenvalue weighted by molar-refractivity contribution is -0.141. The second-order valence-corrected chi connectivity index (χ2v) is 4.46. The molecule has 3 nitrogen and oxygen atoms in total. The van der Waals surface area contributed by atoms with Gasteiger partial charge in [-0.05, 0) is 30.3 Å². The van der Waals surface area contributed by atoms with Crippen molar-refractivity contribution in [1.82, 2.24) is 0 Å². The Morgan fingerprint density at radius 2 is 2.46 bits per heavy atom. The SMILES string of the molecule is COC(=O)CCC1CSCCC1O. The summed E-state index contributed by atoms with van der Waals surface area (Å²) in [6.07, 6.45) is 1.82. The number of rotatable bonds is 3. The highest BCUT2D eigenvalue weighted by Crippen LogP contribution is 2.26. The van der Waals surface area contributed by atoms with Crippen LogP contribution in [0, 0.1) is 5.92 Å². The summed E-state index contributed by atoms with van der Waals surface area (Å²) in [5.41, 5.74) is 0. The predicted octanol–water partition coefficient (Wildman–Crippen LogP) is 1.05. The highest BCUT2D eigenvalue weighted by molar-refractivity contribution is 7.99. The molecule has 1 fully saturated rings. The molecule has 1 N–H and O–H groups in total. The van der Waals surface area contributed by atoms with Crippen molar-refractivity contribution in [3.05, 3.63) is 0 Å². The molecule has 0 aliphatic carbocycles. The van der Waals surface area contributed by atoms with E-state index in [-0.39, 0.29) is 18.0 Å². The number of esters is 1. The number of hydrogen-bond acceptors (Lipinski definition) is 4. The molecule has 0 spiro atoms. The molecule has 0 aromatic rings. The third-order valence-electron chi connectivity index (χ3n) is 2.38. The summed E-state index contributed by atoms with van der Waals surface area (Å²) in [5.74, 6) is 2.11. The molecule has 13 heavy (non-hydrogen) atoms. The highest BCUT2D eigenvalue weighted by Gasteiger charge is 2.23. The minimum atomic E-state index is -0.217. The van der Waals surface area contributed by atoms with E-state index < -0.39 is 0 Å². The number of carbonyl (C=O) groups is 1. The summed E-state index contributed by atoms with van der Waals surface area (Å²) < 4.78 is 4.55. The van der Waals surface area contributed by atoms with Crippen molar-refractivity contribution in [1.29, 1.82) is 0 Å². The first-order chi connectivity index (χ1) is 6.24. The van der Waals surface area contributed by atoms with E-state index in [0.717, 1.165) is 24.3 Å². The zero-order valence-corrected chi connectivity index (χ0v) is 8.68. The van der Waals surface area contributed by atoms with Crippen LogP contribution in [0.25, 0.3) is 0 Å². The van der Waals surface area contributed by atoms with Gasteiger partial charge in [-0.25, -0.2) is 0 Å². The van der Waals surface area contributed by atoms with Gasteiger partial charge in [-0.1, -0.05) is 0 Å². The Hall–Kier alpha value is -0.220. The highest BCUT2D eigenvalue weighted by atomic mass is 32.2. The molecule has 4 heteroatoms. The van der Waals surface area contributed by atoms with E-state index in [0.29, 0.717) is 6.42 Å². The second-order valence-electron chi connectivity index (χ2n) is 3.31. The first-order valence-corrected chi connectivity index (χ1v) is 5.72. The molecule has 1 heterocycles. The van der Waals surface area contributed by atoms with Gasteiger partial charge >= 0.3 is 5.97 Å². The first kappa shape index (κ1) is 10.9. The van der Waals surface area contributed by atoms with Gasteiger partial charge in [0.2, 0.25) is 0 Å². The summed E-state index contributed by atoms with van der Waals surface area (Å²) >= 11 is 1.85. The van der Waals surface area contributed by atoms with Gasteiger partial charge < -0.3 is 9.84 Å². The van der Waals surface area contributed by atoms with E-state index in [4.69, 9.17) is 0 Å². The molecule has 2 atom stereocenters. The van der Waals surface area contributed by atoms with Gasteiger partial charge in [0.25, 0.3) is 0 Å². The Labute approximate surface area is 82.8 Å². The molecule has 2 unspecified atom stereocenters. The average molecular weight is 204 g/mol. The third-order valence-corrected chi connectivity index (χ3v) is 3.57. The fourth-order valence-electron chi connectivity index (χ4n) is 1.47. The average Bonchev–Trinajstić information content (AvgIpc) is 2.16. The number of carbonyl (C=O) groups excluding carboxylic acids is 1. The summed E-state index contributed by atoms with van der Waals surface area (Å²) in [6, 6.07) is 0. The second kappa shape index (κ2) is 5.50. The van der Waals surface area contributed by atoms with Crippen molar-refractivity contribution in [2.24, 2.45) is 5.92 Å². The molecule has 0 saturated carbocycles. The number of hydrogen-bond donors (Lipinski definition) is 1. The van der Waals surface area contributed by atoms with Gasteiger partial charge in [-0.2, -0.15) is 11.8 Å². The van der Waals surface area contributed by atoms with Crippen molar-refractivity contribution in [3.63, 3.8) is 0 Å². The molecule has 0 bridgehead atoms. The van der Waals surface area contributed by atoms with E-state index in [9.17, 15) is 9.90 Å². The number of ether oxygens (including phenoxy) is 1. The van der Waals surface area contributed by atoms with Crippen LogP contribution in [0.3, 0.4) is 0 Å². The van der Waals surface area contributed by atoms with Gasteiger partial charge in [0.05, 0.1) is 13.2 Å². The predicted molar refractivity (Wildman–Crippen MR) is 52.7 cm³/mol. The van der Waals surface area contributed by atoms with Crippen molar-refractivity contribution < 1.29 is 14.6 Å². The summed E-state index contributed by atoms with van der Waals surface area (Å²) in [7, 11) is 1.40. The summed E-state index contributed by atoms with van der Waals surface area (Å²) in [5, 5.41) is 9.59. The minimum absolute atomic E-state index is 0.178. The fraction of sp³-hybridized carbons (Fsp3) is 0.889. The Balaban J connectivity index is 2.22. The maximum Gasteiger partial charge on any atom is 0.305 e. The van der Waals surface area contributed by atoms with Crippen LogP contribution in [0.15, 0.2) is 0 Å². The van der Waals surface area contributed by atoms with Gasteiger partial charge in [-0.3, -0.25) is 4.79 Å². The van der Waals surface area contributed by atoms with Crippen LogP contribution in [0.4, 0.5) is 0 Å². The lowest BCUT2D eigenvalue weighted by Crippen LogP contribution is -2.28. The first-order valence-electron chi connectivity index (χ1n) is 4.56. The van der Waals surface area contributed by atoms with E-state index in [1.807, 2.05) is 11.8 Å². The van der Waals surface area contributed by atoms with Crippen LogP contribution in [0.2, 0.25) is 0 Å². The zero-order valence-electron chi connectivity index (χ0n) is 7.86. The maximum absolute atomic E-state index is 10.9. The molecule has 1 aliphatic heterocycles. The fourth-order valence-corrected chi connectivity index (χ4v) is 2.73. The molecule has 1 saturated heterocycles. The Morgan fingerprint density at radius 3 is 3.08 bits per heavy atom. The molecular weight excluding hydrogens is 188 g/mol. The van der Waals surface area contributed by atoms with Gasteiger partial charge in [-0.15, -0.1) is 0 Å². The van der Waals surface area contributed by atoms with Crippen LogP contribution in [0.1, 0.15) is 19.3 Å². The quantitative estimate of drug-likeness (QED) is 0.698. The van der Waals surface area contributed by atoms with Crippen LogP contribution in [-0.2, 0) is 9.53 Å². The van der Waals surface area contributed by atoms with Crippen molar-refractivity contribution in [3.8, 4) is 0 Å². The Bertz CT molecular complexity index is 172.